The second kappa shape index (κ2) is 8.47. The highest BCUT2D eigenvalue weighted by Gasteiger charge is 2.23. The van der Waals surface area contributed by atoms with E-state index in [-0.39, 0.29) is 18.5 Å². The van der Waals surface area contributed by atoms with Gasteiger partial charge in [-0.25, -0.2) is 0 Å². The molecule has 0 aliphatic heterocycles. The molecule has 1 aliphatic carbocycles. The van der Waals surface area contributed by atoms with Crippen LogP contribution in [-0.2, 0) is 19.1 Å². The lowest BCUT2D eigenvalue weighted by Crippen LogP contribution is -2.44. The summed E-state index contributed by atoms with van der Waals surface area (Å²) >= 11 is 0. The molecule has 7 heteroatoms. The van der Waals surface area contributed by atoms with E-state index in [0.29, 0.717) is 26.2 Å². The van der Waals surface area contributed by atoms with Gasteiger partial charge in [0.25, 0.3) is 0 Å². The molecule has 1 saturated carbocycles. The average molecular weight is 271 g/mol. The number of ether oxygens (including phenoxy) is 1. The summed E-state index contributed by atoms with van der Waals surface area (Å²) in [5.41, 5.74) is 0. The third-order valence-corrected chi connectivity index (χ3v) is 2.51. The van der Waals surface area contributed by atoms with Gasteiger partial charge in [-0.15, -0.1) is 0 Å². The zero-order valence-electron chi connectivity index (χ0n) is 11.2. The third kappa shape index (κ3) is 7.40. The van der Waals surface area contributed by atoms with E-state index in [1.165, 1.54) is 0 Å². The Balaban J connectivity index is 2.03. The SMILES string of the molecule is CCOCCCNC(=O)C(=O)NCC(=O)NC1CC1. The van der Waals surface area contributed by atoms with Gasteiger partial charge in [-0.1, -0.05) is 0 Å². The minimum absolute atomic E-state index is 0.165. The summed E-state index contributed by atoms with van der Waals surface area (Å²) in [6.45, 7) is 3.27. The van der Waals surface area contributed by atoms with Crippen LogP contribution in [0, 0.1) is 0 Å². The Labute approximate surface area is 112 Å². The van der Waals surface area contributed by atoms with E-state index in [1.54, 1.807) is 0 Å². The predicted octanol–water partition coefficient (Wildman–Crippen LogP) is -1.08. The van der Waals surface area contributed by atoms with Crippen LogP contribution < -0.4 is 16.0 Å². The fraction of sp³-hybridized carbons (Fsp3) is 0.750. The van der Waals surface area contributed by atoms with E-state index in [4.69, 9.17) is 4.74 Å². The van der Waals surface area contributed by atoms with Crippen molar-refractivity contribution in [3.05, 3.63) is 0 Å². The molecule has 1 rings (SSSR count). The van der Waals surface area contributed by atoms with Gasteiger partial charge in [-0.3, -0.25) is 14.4 Å². The van der Waals surface area contributed by atoms with Crippen LogP contribution in [0.25, 0.3) is 0 Å². The molecule has 0 bridgehead atoms. The number of nitrogens with one attached hydrogen (secondary N) is 3. The standard InChI is InChI=1S/C12H21N3O4/c1-2-19-7-3-6-13-11(17)12(18)14-8-10(16)15-9-4-5-9/h9H,2-8H2,1H3,(H,13,17)(H,14,18)(H,15,16). The summed E-state index contributed by atoms with van der Waals surface area (Å²) in [4.78, 5) is 33.9. The maximum atomic E-state index is 11.3. The Morgan fingerprint density at radius 3 is 2.47 bits per heavy atom. The van der Waals surface area contributed by atoms with Crippen LogP contribution in [0.1, 0.15) is 26.2 Å². The van der Waals surface area contributed by atoms with Gasteiger partial charge in [0, 0.05) is 25.8 Å². The van der Waals surface area contributed by atoms with Gasteiger partial charge < -0.3 is 20.7 Å². The van der Waals surface area contributed by atoms with E-state index in [0.717, 1.165) is 12.8 Å². The molecule has 0 aromatic carbocycles. The molecule has 19 heavy (non-hydrogen) atoms. The number of rotatable bonds is 8. The van der Waals surface area contributed by atoms with Gasteiger partial charge in [0.15, 0.2) is 0 Å². The monoisotopic (exact) mass is 271 g/mol. The molecule has 0 aromatic heterocycles. The second-order valence-electron chi connectivity index (χ2n) is 4.33. The van der Waals surface area contributed by atoms with Crippen LogP contribution in [0.4, 0.5) is 0 Å². The quantitative estimate of drug-likeness (QED) is 0.386. The van der Waals surface area contributed by atoms with Gasteiger partial charge in [0.2, 0.25) is 5.91 Å². The molecule has 0 aromatic rings. The highest BCUT2D eigenvalue weighted by atomic mass is 16.5. The molecular formula is C12H21N3O4. The lowest BCUT2D eigenvalue weighted by Gasteiger charge is -2.07. The van der Waals surface area contributed by atoms with Crippen molar-refractivity contribution in [2.24, 2.45) is 0 Å². The number of hydrogen-bond donors (Lipinski definition) is 3. The minimum Gasteiger partial charge on any atom is -0.382 e. The highest BCUT2D eigenvalue weighted by molar-refractivity contribution is 6.35. The van der Waals surface area contributed by atoms with Crippen molar-refractivity contribution in [1.29, 1.82) is 0 Å². The van der Waals surface area contributed by atoms with E-state index in [9.17, 15) is 14.4 Å². The number of carbonyl (C=O) groups excluding carboxylic acids is 3. The molecular weight excluding hydrogens is 250 g/mol. The molecule has 0 radical (unpaired) electrons. The van der Waals surface area contributed by atoms with Crippen LogP contribution in [0.3, 0.4) is 0 Å². The molecule has 3 N–H and O–H groups in total. The average Bonchev–Trinajstić information content (AvgIpc) is 3.19. The maximum absolute atomic E-state index is 11.3. The summed E-state index contributed by atoms with van der Waals surface area (Å²) in [7, 11) is 0. The first-order valence-electron chi connectivity index (χ1n) is 6.56. The zero-order valence-corrected chi connectivity index (χ0v) is 11.2. The molecule has 0 spiro atoms. The van der Waals surface area contributed by atoms with Crippen LogP contribution in [0.15, 0.2) is 0 Å². The molecule has 1 aliphatic rings. The van der Waals surface area contributed by atoms with Crippen molar-refractivity contribution in [1.82, 2.24) is 16.0 Å². The van der Waals surface area contributed by atoms with Crippen LogP contribution in [0.5, 0.6) is 0 Å². The highest BCUT2D eigenvalue weighted by Crippen LogP contribution is 2.18. The summed E-state index contributed by atoms with van der Waals surface area (Å²) in [5, 5.41) is 7.44. The van der Waals surface area contributed by atoms with Gasteiger partial charge in [0.1, 0.15) is 0 Å². The fourth-order valence-electron chi connectivity index (χ4n) is 1.35. The van der Waals surface area contributed by atoms with Gasteiger partial charge in [-0.2, -0.15) is 0 Å². The Morgan fingerprint density at radius 1 is 1.16 bits per heavy atom. The van der Waals surface area contributed by atoms with E-state index in [1.807, 2.05) is 6.92 Å². The topological polar surface area (TPSA) is 96.5 Å². The summed E-state index contributed by atoms with van der Waals surface area (Å²) < 4.78 is 5.09. The maximum Gasteiger partial charge on any atom is 0.309 e. The summed E-state index contributed by atoms with van der Waals surface area (Å²) in [6.07, 6.45) is 2.62. The van der Waals surface area contributed by atoms with Crippen LogP contribution >= 0.6 is 0 Å². The lowest BCUT2D eigenvalue weighted by atomic mass is 10.4. The number of amides is 3. The Morgan fingerprint density at radius 2 is 1.84 bits per heavy atom. The smallest absolute Gasteiger partial charge is 0.309 e. The molecule has 0 atom stereocenters. The van der Waals surface area contributed by atoms with Crippen molar-refractivity contribution in [3.63, 3.8) is 0 Å². The molecule has 0 unspecified atom stereocenters. The first-order chi connectivity index (χ1) is 9.13. The minimum atomic E-state index is -0.789. The summed E-state index contributed by atoms with van der Waals surface area (Å²) in [6, 6.07) is 0.247. The Bertz CT molecular complexity index is 329. The van der Waals surface area contributed by atoms with Crippen molar-refractivity contribution >= 4 is 17.7 Å². The zero-order chi connectivity index (χ0) is 14.1. The van der Waals surface area contributed by atoms with Gasteiger partial charge in [0.05, 0.1) is 6.54 Å². The first-order valence-corrected chi connectivity index (χ1v) is 6.56. The van der Waals surface area contributed by atoms with E-state index >= 15 is 0 Å². The van der Waals surface area contributed by atoms with Gasteiger partial charge in [-0.05, 0) is 26.2 Å². The first kappa shape index (κ1) is 15.4. The summed E-state index contributed by atoms with van der Waals surface area (Å²) in [5.74, 6) is -1.78. The molecule has 1 fully saturated rings. The predicted molar refractivity (Wildman–Crippen MR) is 68.3 cm³/mol. The number of carbonyl (C=O) groups is 3. The molecule has 3 amide bonds. The fourth-order valence-corrected chi connectivity index (χ4v) is 1.35. The Hall–Kier alpha value is -1.63. The normalized spacial score (nSPS) is 13.7. The van der Waals surface area contributed by atoms with Gasteiger partial charge >= 0.3 is 11.8 Å². The van der Waals surface area contributed by atoms with Crippen molar-refractivity contribution in [3.8, 4) is 0 Å². The van der Waals surface area contributed by atoms with Crippen molar-refractivity contribution in [2.45, 2.75) is 32.2 Å². The largest absolute Gasteiger partial charge is 0.382 e. The second-order valence-corrected chi connectivity index (χ2v) is 4.33. The van der Waals surface area contributed by atoms with Crippen LogP contribution in [-0.4, -0.2) is 50.1 Å². The van der Waals surface area contributed by atoms with Crippen molar-refractivity contribution < 1.29 is 19.1 Å². The molecule has 108 valence electrons. The lowest BCUT2D eigenvalue weighted by molar-refractivity contribution is -0.139. The third-order valence-electron chi connectivity index (χ3n) is 2.51. The molecule has 0 saturated heterocycles. The van der Waals surface area contributed by atoms with E-state index < -0.39 is 11.8 Å². The van der Waals surface area contributed by atoms with Crippen LogP contribution in [0.2, 0.25) is 0 Å². The number of hydrogen-bond acceptors (Lipinski definition) is 4. The molecule has 0 heterocycles. The Kier molecular flexibility index (Phi) is 6.88. The van der Waals surface area contributed by atoms with Crippen molar-refractivity contribution in [2.75, 3.05) is 26.3 Å². The molecule has 7 nitrogen and oxygen atoms in total. The van der Waals surface area contributed by atoms with E-state index in [2.05, 4.69) is 16.0 Å².